The molecule has 0 bridgehead atoms. The zero-order valence-corrected chi connectivity index (χ0v) is 15.8. The molecule has 2 aromatic heterocycles. The van der Waals surface area contributed by atoms with Gasteiger partial charge in [0.15, 0.2) is 10.8 Å². The van der Waals surface area contributed by atoms with E-state index in [-0.39, 0.29) is 11.5 Å². The fraction of sp³-hybridized carbons (Fsp3) is 0.647. The molecule has 3 N–H and O–H groups in total. The van der Waals surface area contributed by atoms with Crippen molar-refractivity contribution >= 4 is 32.7 Å². The number of aryl methyl sites for hydroxylation is 1. The zero-order valence-electron chi connectivity index (χ0n) is 15.0. The van der Waals surface area contributed by atoms with Gasteiger partial charge in [0.25, 0.3) is 5.56 Å². The van der Waals surface area contributed by atoms with E-state index in [4.69, 9.17) is 0 Å². The molecular weight excluding hydrogens is 338 g/mol. The Morgan fingerprint density at radius 1 is 1.12 bits per heavy atom. The maximum Gasteiger partial charge on any atom is 0.270 e. The van der Waals surface area contributed by atoms with Gasteiger partial charge in [0.05, 0.1) is 0 Å². The number of thiazole rings is 1. The number of amides is 1. The standard InChI is InChI=1S/C17H27N5O2S/c1-3-4-5-6-7-9-13-20-15-14(16(24)21-13)25-17(22-15)19-11-8-10-18-12(2)23/h3-11H2,1-2H3,(H,18,23)(H2,19,20,21,22,24). The largest absolute Gasteiger partial charge is 0.361 e. The SMILES string of the molecule is CCCCCCCc1nc2nc(NCCCNC(C)=O)sc2c(=O)[nH]1. The Balaban J connectivity index is 1.89. The maximum atomic E-state index is 12.2. The van der Waals surface area contributed by atoms with Gasteiger partial charge in [-0.1, -0.05) is 43.9 Å². The molecule has 0 saturated heterocycles. The number of nitrogens with zero attached hydrogens (tertiary/aromatic N) is 2. The molecule has 0 spiro atoms. The monoisotopic (exact) mass is 365 g/mol. The molecule has 0 aliphatic carbocycles. The van der Waals surface area contributed by atoms with Crippen LogP contribution in [0.25, 0.3) is 10.3 Å². The van der Waals surface area contributed by atoms with E-state index in [0.717, 1.165) is 31.5 Å². The molecule has 2 rings (SSSR count). The smallest absolute Gasteiger partial charge is 0.270 e. The summed E-state index contributed by atoms with van der Waals surface area (Å²) in [5.41, 5.74) is 0.402. The Bertz CT molecular complexity index is 740. The van der Waals surface area contributed by atoms with Crippen LogP contribution in [0.4, 0.5) is 5.13 Å². The molecule has 0 unspecified atom stereocenters. The lowest BCUT2D eigenvalue weighted by Crippen LogP contribution is -2.22. The van der Waals surface area contributed by atoms with Gasteiger partial charge in [0, 0.05) is 26.4 Å². The van der Waals surface area contributed by atoms with Crippen LogP contribution in [-0.4, -0.2) is 33.9 Å². The minimum Gasteiger partial charge on any atom is -0.361 e. The van der Waals surface area contributed by atoms with Gasteiger partial charge < -0.3 is 15.6 Å². The van der Waals surface area contributed by atoms with Crippen LogP contribution >= 0.6 is 11.3 Å². The Kier molecular flexibility index (Phi) is 7.84. The highest BCUT2D eigenvalue weighted by molar-refractivity contribution is 7.22. The van der Waals surface area contributed by atoms with Crippen molar-refractivity contribution < 1.29 is 4.79 Å². The molecule has 7 nitrogen and oxygen atoms in total. The molecule has 138 valence electrons. The molecule has 8 heteroatoms. The van der Waals surface area contributed by atoms with Crippen molar-refractivity contribution in [3.8, 4) is 0 Å². The molecule has 0 aromatic carbocycles. The van der Waals surface area contributed by atoms with Crippen molar-refractivity contribution in [3.63, 3.8) is 0 Å². The van der Waals surface area contributed by atoms with Gasteiger partial charge in [0.1, 0.15) is 10.5 Å². The Labute approximate surface area is 151 Å². The third-order valence-electron chi connectivity index (χ3n) is 3.84. The summed E-state index contributed by atoms with van der Waals surface area (Å²) in [4.78, 5) is 34.8. The predicted molar refractivity (Wildman–Crippen MR) is 102 cm³/mol. The number of H-pyrrole nitrogens is 1. The van der Waals surface area contributed by atoms with Gasteiger partial charge in [-0.15, -0.1) is 0 Å². The molecule has 0 atom stereocenters. The number of aromatic nitrogens is 3. The lowest BCUT2D eigenvalue weighted by Gasteiger charge is -2.02. The van der Waals surface area contributed by atoms with Gasteiger partial charge >= 0.3 is 0 Å². The molecule has 0 radical (unpaired) electrons. The third-order valence-corrected chi connectivity index (χ3v) is 4.84. The Morgan fingerprint density at radius 3 is 2.68 bits per heavy atom. The van der Waals surface area contributed by atoms with Crippen molar-refractivity contribution in [1.29, 1.82) is 0 Å². The summed E-state index contributed by atoms with van der Waals surface area (Å²) in [5.74, 6) is 0.689. The summed E-state index contributed by atoms with van der Waals surface area (Å²) in [6.07, 6.45) is 7.48. The summed E-state index contributed by atoms with van der Waals surface area (Å²) in [6.45, 7) is 5.00. The highest BCUT2D eigenvalue weighted by Crippen LogP contribution is 2.21. The van der Waals surface area contributed by atoms with E-state index in [1.54, 1.807) is 0 Å². The summed E-state index contributed by atoms with van der Waals surface area (Å²) in [6, 6.07) is 0. The van der Waals surface area contributed by atoms with Gasteiger partial charge in [-0.3, -0.25) is 9.59 Å². The molecule has 0 aliphatic heterocycles. The number of hydrogen-bond acceptors (Lipinski definition) is 6. The zero-order chi connectivity index (χ0) is 18.1. The number of carbonyl (C=O) groups excluding carboxylic acids is 1. The van der Waals surface area contributed by atoms with Gasteiger partial charge in [-0.2, -0.15) is 4.98 Å². The number of carbonyl (C=O) groups is 1. The normalized spacial score (nSPS) is 11.0. The predicted octanol–water partition coefficient (Wildman–Crippen LogP) is 2.83. The second-order valence-electron chi connectivity index (χ2n) is 6.11. The fourth-order valence-electron chi connectivity index (χ4n) is 2.52. The topological polar surface area (TPSA) is 99.8 Å². The van der Waals surface area contributed by atoms with Crippen molar-refractivity contribution in [1.82, 2.24) is 20.3 Å². The lowest BCUT2D eigenvalue weighted by atomic mass is 10.1. The van der Waals surface area contributed by atoms with E-state index in [0.29, 0.717) is 28.6 Å². The van der Waals surface area contributed by atoms with Gasteiger partial charge in [-0.05, 0) is 12.8 Å². The van der Waals surface area contributed by atoms with E-state index in [1.165, 1.54) is 37.5 Å². The van der Waals surface area contributed by atoms with Crippen LogP contribution in [0.5, 0.6) is 0 Å². The molecule has 2 heterocycles. The van der Waals surface area contributed by atoms with Crippen molar-refractivity contribution in [3.05, 3.63) is 16.2 Å². The first-order valence-electron chi connectivity index (χ1n) is 8.98. The molecule has 2 aromatic rings. The minimum absolute atomic E-state index is 0.0297. The van der Waals surface area contributed by atoms with Gasteiger partial charge in [0.2, 0.25) is 5.91 Å². The lowest BCUT2D eigenvalue weighted by molar-refractivity contribution is -0.118. The molecule has 1 amide bonds. The molecule has 0 fully saturated rings. The molecule has 25 heavy (non-hydrogen) atoms. The van der Waals surface area contributed by atoms with Crippen LogP contribution in [-0.2, 0) is 11.2 Å². The minimum atomic E-state index is -0.114. The number of nitrogens with one attached hydrogen (secondary N) is 3. The van der Waals surface area contributed by atoms with Crippen LogP contribution in [0.1, 0.15) is 58.2 Å². The average Bonchev–Trinajstić information content (AvgIpc) is 2.97. The van der Waals surface area contributed by atoms with E-state index in [1.807, 2.05) is 0 Å². The summed E-state index contributed by atoms with van der Waals surface area (Å²) in [5, 5.41) is 6.62. The number of fused-ring (bicyclic) bond motifs is 1. The number of anilines is 1. The van der Waals surface area contributed by atoms with Crippen LogP contribution in [0.15, 0.2) is 4.79 Å². The van der Waals surface area contributed by atoms with Crippen molar-refractivity contribution in [2.24, 2.45) is 0 Å². The first kappa shape index (κ1) is 19.4. The number of aromatic amines is 1. The van der Waals surface area contributed by atoms with E-state index >= 15 is 0 Å². The summed E-state index contributed by atoms with van der Waals surface area (Å²) < 4.78 is 0.555. The van der Waals surface area contributed by atoms with Crippen LogP contribution < -0.4 is 16.2 Å². The maximum absolute atomic E-state index is 12.2. The van der Waals surface area contributed by atoms with E-state index in [2.05, 4.69) is 32.5 Å². The molecule has 0 saturated carbocycles. The molecule has 0 aliphatic rings. The Hall–Kier alpha value is -1.96. The number of hydrogen-bond donors (Lipinski definition) is 3. The summed E-state index contributed by atoms with van der Waals surface area (Å²) in [7, 11) is 0. The Morgan fingerprint density at radius 2 is 1.92 bits per heavy atom. The number of rotatable bonds is 11. The van der Waals surface area contributed by atoms with E-state index in [9.17, 15) is 9.59 Å². The highest BCUT2D eigenvalue weighted by Gasteiger charge is 2.10. The van der Waals surface area contributed by atoms with Crippen LogP contribution in [0, 0.1) is 0 Å². The third kappa shape index (κ3) is 6.45. The first-order valence-corrected chi connectivity index (χ1v) is 9.80. The quantitative estimate of drug-likeness (QED) is 0.532. The first-order chi connectivity index (χ1) is 12.1. The summed E-state index contributed by atoms with van der Waals surface area (Å²) >= 11 is 1.32. The second kappa shape index (κ2) is 10.1. The molecular formula is C17H27N5O2S. The van der Waals surface area contributed by atoms with Gasteiger partial charge in [-0.25, -0.2) is 4.98 Å². The second-order valence-corrected chi connectivity index (χ2v) is 7.11. The average molecular weight is 366 g/mol. The van der Waals surface area contributed by atoms with Crippen LogP contribution in [0.3, 0.4) is 0 Å². The number of unbranched alkanes of at least 4 members (excludes halogenated alkanes) is 4. The van der Waals surface area contributed by atoms with Crippen molar-refractivity contribution in [2.45, 2.75) is 58.8 Å². The highest BCUT2D eigenvalue weighted by atomic mass is 32.1. The fourth-order valence-corrected chi connectivity index (χ4v) is 3.34. The van der Waals surface area contributed by atoms with E-state index < -0.39 is 0 Å². The van der Waals surface area contributed by atoms with Crippen LogP contribution in [0.2, 0.25) is 0 Å². The van der Waals surface area contributed by atoms with Crippen molar-refractivity contribution in [2.75, 3.05) is 18.4 Å².